The van der Waals surface area contributed by atoms with Crippen LogP contribution in [0, 0.1) is 13.8 Å². The van der Waals surface area contributed by atoms with E-state index in [0.29, 0.717) is 16.6 Å². The van der Waals surface area contributed by atoms with Gasteiger partial charge >= 0.3 is 0 Å². The van der Waals surface area contributed by atoms with Crippen molar-refractivity contribution in [1.82, 2.24) is 9.97 Å². The minimum Gasteiger partial charge on any atom is -0.497 e. The van der Waals surface area contributed by atoms with Crippen molar-refractivity contribution < 1.29 is 14.3 Å². The summed E-state index contributed by atoms with van der Waals surface area (Å²) in [5, 5.41) is 0.971. The molecule has 1 aliphatic rings. The molecule has 0 spiro atoms. The maximum absolute atomic E-state index is 12.9. The van der Waals surface area contributed by atoms with Gasteiger partial charge in [-0.1, -0.05) is 23.9 Å². The molecule has 6 nitrogen and oxygen atoms in total. The summed E-state index contributed by atoms with van der Waals surface area (Å²) in [5.41, 5.74) is 3.36. The van der Waals surface area contributed by atoms with Crippen LogP contribution in [0.3, 0.4) is 0 Å². The number of rotatable bonds is 4. The minimum absolute atomic E-state index is 0.129. The second-order valence-corrected chi connectivity index (χ2v) is 7.86. The fourth-order valence-electron chi connectivity index (χ4n) is 3.25. The standard InChI is InChI=1S/C21H19N3O3S/c1-12-4-9-16-13(2)22-21(23-17(16)10-12)28-18-11-19(25)24(20(18)26)14-5-7-15(27-3)8-6-14/h4-10,18H,11H2,1-3H3/t18-/m0/s1. The number of hydrogen-bond acceptors (Lipinski definition) is 6. The summed E-state index contributed by atoms with van der Waals surface area (Å²) < 4.78 is 5.13. The lowest BCUT2D eigenvalue weighted by Gasteiger charge is -2.15. The third-order valence-corrected chi connectivity index (χ3v) is 5.75. The van der Waals surface area contributed by atoms with Crippen LogP contribution in [0.2, 0.25) is 0 Å². The van der Waals surface area contributed by atoms with Crippen molar-refractivity contribution in [3.8, 4) is 5.75 Å². The number of methoxy groups -OCH3 is 1. The monoisotopic (exact) mass is 393 g/mol. The first kappa shape index (κ1) is 18.4. The minimum atomic E-state index is -0.531. The van der Waals surface area contributed by atoms with Crippen molar-refractivity contribution in [3.05, 3.63) is 53.7 Å². The molecule has 0 unspecified atom stereocenters. The number of ether oxygens (including phenoxy) is 1. The van der Waals surface area contributed by atoms with Crippen LogP contribution in [0.5, 0.6) is 5.75 Å². The first-order chi connectivity index (χ1) is 13.5. The van der Waals surface area contributed by atoms with Gasteiger partial charge in [0.2, 0.25) is 11.8 Å². The number of aryl methyl sites for hydroxylation is 2. The third-order valence-electron chi connectivity index (χ3n) is 4.71. The van der Waals surface area contributed by atoms with E-state index in [1.54, 1.807) is 31.4 Å². The number of carbonyl (C=O) groups is 2. The summed E-state index contributed by atoms with van der Waals surface area (Å²) in [6.07, 6.45) is 0.129. The van der Waals surface area contributed by atoms with Gasteiger partial charge in [-0.15, -0.1) is 0 Å². The van der Waals surface area contributed by atoms with Gasteiger partial charge in [0, 0.05) is 17.5 Å². The molecule has 1 atom stereocenters. The summed E-state index contributed by atoms with van der Waals surface area (Å²) in [7, 11) is 1.57. The van der Waals surface area contributed by atoms with Crippen LogP contribution in [0.25, 0.3) is 10.9 Å². The largest absolute Gasteiger partial charge is 0.497 e. The lowest BCUT2D eigenvalue weighted by atomic mass is 10.1. The third kappa shape index (κ3) is 3.33. The maximum atomic E-state index is 12.9. The molecule has 1 aliphatic heterocycles. The molecule has 28 heavy (non-hydrogen) atoms. The van der Waals surface area contributed by atoms with E-state index in [4.69, 9.17) is 4.74 Å². The Morgan fingerprint density at radius 3 is 2.54 bits per heavy atom. The van der Waals surface area contributed by atoms with E-state index in [0.717, 1.165) is 22.2 Å². The number of anilines is 1. The number of amides is 2. The molecular formula is C21H19N3O3S. The SMILES string of the molecule is COc1ccc(N2C(=O)C[C@H](Sc3nc(C)c4ccc(C)cc4n3)C2=O)cc1. The molecule has 0 N–H and O–H groups in total. The zero-order valence-electron chi connectivity index (χ0n) is 15.8. The first-order valence-corrected chi connectivity index (χ1v) is 9.77. The van der Waals surface area contributed by atoms with E-state index in [1.165, 1.54) is 16.7 Å². The highest BCUT2D eigenvalue weighted by atomic mass is 32.2. The van der Waals surface area contributed by atoms with Crippen LogP contribution in [-0.2, 0) is 9.59 Å². The quantitative estimate of drug-likeness (QED) is 0.497. The van der Waals surface area contributed by atoms with Gasteiger partial charge in [-0.25, -0.2) is 14.9 Å². The predicted molar refractivity (Wildman–Crippen MR) is 109 cm³/mol. The number of fused-ring (bicyclic) bond motifs is 1. The summed E-state index contributed by atoms with van der Waals surface area (Å²) in [5.74, 6) is 0.205. The molecule has 4 rings (SSSR count). The van der Waals surface area contributed by atoms with Gasteiger partial charge < -0.3 is 4.74 Å². The van der Waals surface area contributed by atoms with Crippen molar-refractivity contribution in [1.29, 1.82) is 0 Å². The van der Waals surface area contributed by atoms with Crippen LogP contribution >= 0.6 is 11.8 Å². The fraction of sp³-hybridized carbons (Fsp3) is 0.238. The Kier molecular flexibility index (Phi) is 4.77. The van der Waals surface area contributed by atoms with Gasteiger partial charge in [0.25, 0.3) is 0 Å². The van der Waals surface area contributed by atoms with Crippen LogP contribution in [0.15, 0.2) is 47.6 Å². The second kappa shape index (κ2) is 7.24. The van der Waals surface area contributed by atoms with Crippen molar-refractivity contribution in [2.24, 2.45) is 0 Å². The summed E-state index contributed by atoms with van der Waals surface area (Å²) >= 11 is 1.25. The van der Waals surface area contributed by atoms with Gasteiger partial charge in [-0.2, -0.15) is 0 Å². The molecule has 142 valence electrons. The number of hydrogen-bond donors (Lipinski definition) is 0. The highest BCUT2D eigenvalue weighted by Crippen LogP contribution is 2.34. The van der Waals surface area contributed by atoms with Gasteiger partial charge in [-0.05, 0) is 49.7 Å². The Hall–Kier alpha value is -2.93. The number of imide groups is 1. The topological polar surface area (TPSA) is 72.4 Å². The summed E-state index contributed by atoms with van der Waals surface area (Å²) in [6.45, 7) is 3.93. The Bertz CT molecular complexity index is 1080. The molecule has 1 saturated heterocycles. The van der Waals surface area contributed by atoms with E-state index in [1.807, 2.05) is 32.0 Å². The van der Waals surface area contributed by atoms with E-state index < -0.39 is 5.25 Å². The van der Waals surface area contributed by atoms with Gasteiger partial charge in [-0.3, -0.25) is 9.59 Å². The van der Waals surface area contributed by atoms with E-state index in [9.17, 15) is 9.59 Å². The average molecular weight is 393 g/mol. The lowest BCUT2D eigenvalue weighted by Crippen LogP contribution is -2.31. The van der Waals surface area contributed by atoms with Crippen LogP contribution in [0.4, 0.5) is 5.69 Å². The molecule has 0 radical (unpaired) electrons. The number of carbonyl (C=O) groups excluding carboxylic acids is 2. The van der Waals surface area contributed by atoms with E-state index in [-0.39, 0.29) is 18.2 Å². The number of benzene rings is 2. The number of aromatic nitrogens is 2. The summed E-state index contributed by atoms with van der Waals surface area (Å²) in [4.78, 5) is 35.7. The van der Waals surface area contributed by atoms with Gasteiger partial charge in [0.15, 0.2) is 5.16 Å². The average Bonchev–Trinajstić information content (AvgIpc) is 2.94. The Labute approximate surface area is 166 Å². The molecule has 0 aliphatic carbocycles. The zero-order chi connectivity index (χ0) is 19.8. The molecule has 0 bridgehead atoms. The molecule has 1 aromatic heterocycles. The van der Waals surface area contributed by atoms with E-state index >= 15 is 0 Å². The van der Waals surface area contributed by atoms with E-state index in [2.05, 4.69) is 9.97 Å². The molecule has 1 fully saturated rings. The Morgan fingerprint density at radius 2 is 1.82 bits per heavy atom. The van der Waals surface area contributed by atoms with Crippen molar-refractivity contribution >= 4 is 40.2 Å². The number of thioether (sulfide) groups is 1. The van der Waals surface area contributed by atoms with Crippen LogP contribution < -0.4 is 9.64 Å². The number of nitrogens with zero attached hydrogens (tertiary/aromatic N) is 3. The molecule has 2 heterocycles. The highest BCUT2D eigenvalue weighted by molar-refractivity contribution is 8.00. The summed E-state index contributed by atoms with van der Waals surface area (Å²) in [6, 6.07) is 12.9. The molecule has 3 aromatic rings. The molecule has 7 heteroatoms. The van der Waals surface area contributed by atoms with Crippen molar-refractivity contribution in [3.63, 3.8) is 0 Å². The predicted octanol–water partition coefficient (Wildman–Crippen LogP) is 3.68. The Morgan fingerprint density at radius 1 is 1.07 bits per heavy atom. The van der Waals surface area contributed by atoms with Crippen molar-refractivity contribution in [2.75, 3.05) is 12.0 Å². The normalized spacial score (nSPS) is 16.8. The molecule has 2 aromatic carbocycles. The first-order valence-electron chi connectivity index (χ1n) is 8.89. The second-order valence-electron chi connectivity index (χ2n) is 6.69. The lowest BCUT2D eigenvalue weighted by molar-refractivity contribution is -0.121. The Balaban J connectivity index is 1.59. The van der Waals surface area contributed by atoms with Gasteiger partial charge in [0.05, 0.1) is 18.3 Å². The van der Waals surface area contributed by atoms with Crippen LogP contribution in [0.1, 0.15) is 17.7 Å². The van der Waals surface area contributed by atoms with Gasteiger partial charge in [0.1, 0.15) is 11.0 Å². The molecular weight excluding hydrogens is 374 g/mol. The zero-order valence-corrected chi connectivity index (χ0v) is 16.6. The maximum Gasteiger partial charge on any atom is 0.247 e. The fourth-order valence-corrected chi connectivity index (χ4v) is 4.28. The molecule has 2 amide bonds. The van der Waals surface area contributed by atoms with Crippen molar-refractivity contribution in [2.45, 2.75) is 30.7 Å². The highest BCUT2D eigenvalue weighted by Gasteiger charge is 2.40. The van der Waals surface area contributed by atoms with Crippen LogP contribution in [-0.4, -0.2) is 34.1 Å². The smallest absolute Gasteiger partial charge is 0.247 e. The molecule has 0 saturated carbocycles.